The summed E-state index contributed by atoms with van der Waals surface area (Å²) in [7, 11) is 0.0498. The zero-order valence-corrected chi connectivity index (χ0v) is 15.2. The summed E-state index contributed by atoms with van der Waals surface area (Å²) in [4.78, 5) is 2.10. The van der Waals surface area contributed by atoms with Crippen molar-refractivity contribution in [3.8, 4) is 0 Å². The highest BCUT2D eigenvalue weighted by atomic mass is 32.2. The summed E-state index contributed by atoms with van der Waals surface area (Å²) in [5.74, 6) is -0.337. The largest absolute Gasteiger partial charge is 0.301 e. The molecule has 0 saturated heterocycles. The van der Waals surface area contributed by atoms with Gasteiger partial charge in [-0.3, -0.25) is 0 Å². The third-order valence-electron chi connectivity index (χ3n) is 4.11. The summed E-state index contributed by atoms with van der Waals surface area (Å²) in [6.45, 7) is 3.97. The van der Waals surface area contributed by atoms with Gasteiger partial charge in [0.1, 0.15) is 5.82 Å². The van der Waals surface area contributed by atoms with Crippen LogP contribution in [-0.4, -0.2) is 34.0 Å². The van der Waals surface area contributed by atoms with Crippen molar-refractivity contribution in [1.82, 2.24) is 9.62 Å². The molecule has 0 aliphatic carbocycles. The Morgan fingerprint density at radius 1 is 1.08 bits per heavy atom. The van der Waals surface area contributed by atoms with E-state index in [9.17, 15) is 12.8 Å². The van der Waals surface area contributed by atoms with Crippen molar-refractivity contribution in [2.24, 2.45) is 0 Å². The molecule has 0 aliphatic heterocycles. The van der Waals surface area contributed by atoms with Crippen molar-refractivity contribution in [1.29, 1.82) is 0 Å². The first kappa shape index (κ1) is 18.6. The fraction of sp³-hybridized carbons (Fsp3) is 0.333. The summed E-state index contributed by atoms with van der Waals surface area (Å²) < 4.78 is 41.1. The minimum atomic E-state index is -3.62. The van der Waals surface area contributed by atoms with Crippen LogP contribution < -0.4 is 4.72 Å². The van der Waals surface area contributed by atoms with E-state index in [0.29, 0.717) is 0 Å². The van der Waals surface area contributed by atoms with Crippen molar-refractivity contribution in [3.05, 3.63) is 65.0 Å². The number of nitrogens with zero attached hydrogens (tertiary/aromatic N) is 1. The molecule has 0 unspecified atom stereocenters. The lowest BCUT2D eigenvalue weighted by Crippen LogP contribution is -2.34. The molecule has 24 heavy (non-hydrogen) atoms. The second-order valence-electron chi connectivity index (χ2n) is 6.13. The minimum Gasteiger partial charge on any atom is -0.301 e. The molecular weight excluding hydrogens is 327 g/mol. The highest BCUT2D eigenvalue weighted by Crippen LogP contribution is 2.20. The van der Waals surface area contributed by atoms with Gasteiger partial charge in [0.15, 0.2) is 0 Å². The molecule has 130 valence electrons. The van der Waals surface area contributed by atoms with Crippen LogP contribution in [0, 0.1) is 19.7 Å². The lowest BCUT2D eigenvalue weighted by atomic mass is 10.1. The third-order valence-corrected chi connectivity index (χ3v) is 5.53. The van der Waals surface area contributed by atoms with Gasteiger partial charge in [-0.2, -0.15) is 0 Å². The van der Waals surface area contributed by atoms with E-state index in [4.69, 9.17) is 0 Å². The van der Waals surface area contributed by atoms with Crippen LogP contribution in [0.25, 0.3) is 0 Å². The van der Waals surface area contributed by atoms with Crippen LogP contribution in [0.2, 0.25) is 0 Å². The van der Waals surface area contributed by atoms with Crippen LogP contribution in [0.5, 0.6) is 0 Å². The molecular formula is C18H23FN2O2S. The first-order valence-electron chi connectivity index (χ1n) is 7.69. The Morgan fingerprint density at radius 2 is 1.79 bits per heavy atom. The molecule has 0 fully saturated rings. The van der Waals surface area contributed by atoms with E-state index in [-0.39, 0.29) is 23.3 Å². The molecule has 0 aliphatic rings. The molecule has 0 saturated carbocycles. The molecule has 0 spiro atoms. The lowest BCUT2D eigenvalue weighted by Gasteiger charge is -2.25. The summed E-state index contributed by atoms with van der Waals surface area (Å²) in [6.07, 6.45) is 0. The number of hydrogen-bond donors (Lipinski definition) is 1. The third kappa shape index (κ3) is 4.41. The van der Waals surface area contributed by atoms with Gasteiger partial charge in [0.25, 0.3) is 0 Å². The van der Waals surface area contributed by atoms with Gasteiger partial charge in [-0.05, 0) is 68.9 Å². The van der Waals surface area contributed by atoms with Gasteiger partial charge in [-0.25, -0.2) is 17.5 Å². The Kier molecular flexibility index (Phi) is 5.74. The van der Waals surface area contributed by atoms with E-state index in [1.54, 1.807) is 30.3 Å². The second kappa shape index (κ2) is 7.42. The normalized spacial score (nSPS) is 13.2. The maximum Gasteiger partial charge on any atom is 0.240 e. The van der Waals surface area contributed by atoms with E-state index < -0.39 is 10.0 Å². The number of aryl methyl sites for hydroxylation is 2. The van der Waals surface area contributed by atoms with Gasteiger partial charge < -0.3 is 4.90 Å². The average molecular weight is 350 g/mol. The number of halogens is 1. The molecule has 1 N–H and O–H groups in total. The first-order chi connectivity index (χ1) is 11.2. The Labute approximate surface area is 143 Å². The molecule has 2 aromatic rings. The predicted octanol–water partition coefficient (Wildman–Crippen LogP) is 3.02. The van der Waals surface area contributed by atoms with Crippen molar-refractivity contribution in [2.75, 3.05) is 20.6 Å². The van der Waals surface area contributed by atoms with E-state index in [2.05, 4.69) is 4.72 Å². The first-order valence-corrected chi connectivity index (χ1v) is 9.18. The number of likely N-dealkylation sites (N-methyl/N-ethyl adjacent to an activating group) is 1. The highest BCUT2D eigenvalue weighted by Gasteiger charge is 2.20. The number of sulfonamides is 1. The van der Waals surface area contributed by atoms with Gasteiger partial charge in [0, 0.05) is 12.6 Å². The Balaban J connectivity index is 2.20. The summed E-state index contributed by atoms with van der Waals surface area (Å²) >= 11 is 0. The van der Waals surface area contributed by atoms with E-state index in [1.807, 2.05) is 32.8 Å². The molecule has 0 amide bonds. The SMILES string of the molecule is Cc1ccc(S(=O)(=O)NC[C@H](c2cccc(F)c2)N(C)C)cc1C. The topological polar surface area (TPSA) is 49.4 Å². The van der Waals surface area contributed by atoms with Crippen molar-refractivity contribution in [3.63, 3.8) is 0 Å². The summed E-state index contributed by atoms with van der Waals surface area (Å²) in [5.41, 5.74) is 2.69. The molecule has 4 nitrogen and oxygen atoms in total. The lowest BCUT2D eigenvalue weighted by molar-refractivity contribution is 0.299. The van der Waals surface area contributed by atoms with Crippen LogP contribution in [0.15, 0.2) is 47.4 Å². The number of rotatable bonds is 6. The molecule has 2 aromatic carbocycles. The maximum absolute atomic E-state index is 13.5. The molecule has 1 atom stereocenters. The summed E-state index contributed by atoms with van der Waals surface area (Å²) in [6, 6.07) is 11.0. The fourth-order valence-electron chi connectivity index (χ4n) is 2.47. The maximum atomic E-state index is 13.5. The highest BCUT2D eigenvalue weighted by molar-refractivity contribution is 7.89. The Hall–Kier alpha value is -1.76. The van der Waals surface area contributed by atoms with Crippen LogP contribution >= 0.6 is 0 Å². The average Bonchev–Trinajstić information content (AvgIpc) is 2.49. The Bertz CT molecular complexity index is 820. The molecule has 2 rings (SSSR count). The van der Waals surface area contributed by atoms with E-state index >= 15 is 0 Å². The fourth-order valence-corrected chi connectivity index (χ4v) is 3.59. The monoisotopic (exact) mass is 350 g/mol. The Morgan fingerprint density at radius 3 is 2.38 bits per heavy atom. The molecule has 0 aromatic heterocycles. The van der Waals surface area contributed by atoms with Crippen LogP contribution in [-0.2, 0) is 10.0 Å². The van der Waals surface area contributed by atoms with Crippen LogP contribution in [0.3, 0.4) is 0 Å². The van der Waals surface area contributed by atoms with Crippen LogP contribution in [0.1, 0.15) is 22.7 Å². The van der Waals surface area contributed by atoms with E-state index in [0.717, 1.165) is 16.7 Å². The van der Waals surface area contributed by atoms with Gasteiger partial charge in [0.05, 0.1) is 4.90 Å². The van der Waals surface area contributed by atoms with Gasteiger partial charge in [-0.1, -0.05) is 18.2 Å². The van der Waals surface area contributed by atoms with Gasteiger partial charge in [-0.15, -0.1) is 0 Å². The number of hydrogen-bond acceptors (Lipinski definition) is 3. The number of nitrogens with one attached hydrogen (secondary N) is 1. The zero-order valence-electron chi connectivity index (χ0n) is 14.4. The number of benzene rings is 2. The van der Waals surface area contributed by atoms with Crippen molar-refractivity contribution < 1.29 is 12.8 Å². The van der Waals surface area contributed by atoms with Gasteiger partial charge >= 0.3 is 0 Å². The molecule has 0 bridgehead atoms. The molecule has 0 radical (unpaired) electrons. The standard InChI is InChI=1S/C18H23FN2O2S/c1-13-8-9-17(10-14(13)2)24(22,23)20-12-18(21(3)4)15-6-5-7-16(19)11-15/h5-11,18,20H,12H2,1-4H3/t18-/m1/s1. The quantitative estimate of drug-likeness (QED) is 0.871. The zero-order chi connectivity index (χ0) is 17.9. The van der Waals surface area contributed by atoms with E-state index in [1.165, 1.54) is 12.1 Å². The van der Waals surface area contributed by atoms with Gasteiger partial charge in [0.2, 0.25) is 10.0 Å². The smallest absolute Gasteiger partial charge is 0.240 e. The van der Waals surface area contributed by atoms with Crippen molar-refractivity contribution in [2.45, 2.75) is 24.8 Å². The second-order valence-corrected chi connectivity index (χ2v) is 7.90. The van der Waals surface area contributed by atoms with Crippen molar-refractivity contribution >= 4 is 10.0 Å². The predicted molar refractivity (Wildman–Crippen MR) is 93.9 cm³/mol. The van der Waals surface area contributed by atoms with Crippen LogP contribution in [0.4, 0.5) is 4.39 Å². The molecule has 6 heteroatoms. The molecule has 0 heterocycles. The minimum absolute atomic E-state index is 0.158. The summed E-state index contributed by atoms with van der Waals surface area (Å²) in [5, 5.41) is 0.